The predicted octanol–water partition coefficient (Wildman–Crippen LogP) is 2.63. The molecule has 0 saturated heterocycles. The minimum absolute atomic E-state index is 0.702. The lowest BCUT2D eigenvalue weighted by molar-refractivity contribution is 0.816. The first-order valence-corrected chi connectivity index (χ1v) is 6.03. The maximum atomic E-state index is 9.04. The molecule has 0 aliphatic heterocycles. The van der Waals surface area contributed by atoms with Crippen molar-refractivity contribution in [3.63, 3.8) is 0 Å². The van der Waals surface area contributed by atoms with E-state index in [9.17, 15) is 0 Å². The van der Waals surface area contributed by atoms with E-state index < -0.39 is 0 Å². The van der Waals surface area contributed by atoms with Crippen LogP contribution in [0.4, 0.5) is 5.69 Å². The fraction of sp³-hybridized carbons (Fsp3) is 0.286. The minimum Gasteiger partial charge on any atom is -0.384 e. The minimum atomic E-state index is 0.702. The lowest BCUT2D eigenvalue weighted by Gasteiger charge is -2.10. The van der Waals surface area contributed by atoms with Crippen molar-refractivity contribution in [1.82, 2.24) is 9.97 Å². The lowest BCUT2D eigenvalue weighted by atomic mass is 10.1. The van der Waals surface area contributed by atoms with Gasteiger partial charge in [-0.25, -0.2) is 4.98 Å². The van der Waals surface area contributed by atoms with Crippen molar-refractivity contribution in [2.45, 2.75) is 19.8 Å². The van der Waals surface area contributed by atoms with Crippen molar-refractivity contribution in [2.24, 2.45) is 0 Å². The maximum absolute atomic E-state index is 9.04. The summed E-state index contributed by atoms with van der Waals surface area (Å²) in [4.78, 5) is 7.25. The van der Waals surface area contributed by atoms with Crippen LogP contribution in [0.25, 0.3) is 0 Å². The van der Waals surface area contributed by atoms with Crippen LogP contribution in [0.5, 0.6) is 0 Å². The van der Waals surface area contributed by atoms with E-state index in [-0.39, 0.29) is 0 Å². The summed E-state index contributed by atoms with van der Waals surface area (Å²) in [6, 6.07) is 7.96. The smallest absolute Gasteiger partial charge is 0.106 e. The second kappa shape index (κ2) is 5.87. The summed E-state index contributed by atoms with van der Waals surface area (Å²) in [7, 11) is 0. The second-order valence-electron chi connectivity index (χ2n) is 4.18. The quantitative estimate of drug-likeness (QED) is 0.790. The van der Waals surface area contributed by atoms with Crippen LogP contribution < -0.4 is 5.32 Å². The number of imidazole rings is 1. The highest BCUT2D eigenvalue weighted by atomic mass is 14.9. The van der Waals surface area contributed by atoms with E-state index in [4.69, 9.17) is 5.26 Å². The SMILES string of the molecule is Cc1cccc(C#N)c1NCCCc1ncc[nH]1. The molecule has 0 unspecified atom stereocenters. The third kappa shape index (κ3) is 2.89. The number of hydrogen-bond donors (Lipinski definition) is 2. The number of H-pyrrole nitrogens is 1. The molecule has 92 valence electrons. The van der Waals surface area contributed by atoms with Gasteiger partial charge in [0.25, 0.3) is 0 Å². The third-order valence-corrected chi connectivity index (χ3v) is 2.84. The van der Waals surface area contributed by atoms with E-state index in [1.807, 2.05) is 31.3 Å². The van der Waals surface area contributed by atoms with Gasteiger partial charge in [0.15, 0.2) is 0 Å². The highest BCUT2D eigenvalue weighted by Crippen LogP contribution is 2.19. The van der Waals surface area contributed by atoms with Crippen LogP contribution in [0, 0.1) is 18.3 Å². The molecule has 0 aliphatic rings. The summed E-state index contributed by atoms with van der Waals surface area (Å²) in [5.74, 6) is 1.00. The molecule has 2 N–H and O–H groups in total. The van der Waals surface area contributed by atoms with Crippen molar-refractivity contribution in [2.75, 3.05) is 11.9 Å². The van der Waals surface area contributed by atoms with E-state index in [1.165, 1.54) is 0 Å². The molecular formula is C14H16N4. The van der Waals surface area contributed by atoms with Gasteiger partial charge in [-0.15, -0.1) is 0 Å². The van der Waals surface area contributed by atoms with E-state index in [0.717, 1.165) is 36.5 Å². The van der Waals surface area contributed by atoms with Crippen LogP contribution in [0.15, 0.2) is 30.6 Å². The maximum Gasteiger partial charge on any atom is 0.106 e. The zero-order chi connectivity index (χ0) is 12.8. The molecule has 0 radical (unpaired) electrons. The Hall–Kier alpha value is -2.28. The van der Waals surface area contributed by atoms with Gasteiger partial charge < -0.3 is 10.3 Å². The zero-order valence-corrected chi connectivity index (χ0v) is 10.4. The van der Waals surface area contributed by atoms with Gasteiger partial charge in [0, 0.05) is 25.4 Å². The third-order valence-electron chi connectivity index (χ3n) is 2.84. The molecule has 2 aromatic rings. The summed E-state index contributed by atoms with van der Waals surface area (Å²) in [6.45, 7) is 2.84. The molecule has 0 fully saturated rings. The average Bonchev–Trinajstić information content (AvgIpc) is 2.89. The number of aromatic amines is 1. The standard InChI is InChI=1S/C14H16N4/c1-11-4-2-5-12(10-15)14(11)18-7-3-6-13-16-8-9-17-13/h2,4-5,8-9,18H,3,6-7H2,1H3,(H,16,17). The number of hydrogen-bond acceptors (Lipinski definition) is 3. The van der Waals surface area contributed by atoms with Gasteiger partial charge in [0.1, 0.15) is 11.9 Å². The highest BCUT2D eigenvalue weighted by Gasteiger charge is 2.04. The Morgan fingerprint density at radius 2 is 2.33 bits per heavy atom. The van der Waals surface area contributed by atoms with Crippen LogP contribution in [0.2, 0.25) is 0 Å². The summed E-state index contributed by atoms with van der Waals surface area (Å²) in [5.41, 5.74) is 2.75. The number of aryl methyl sites for hydroxylation is 2. The van der Waals surface area contributed by atoms with Crippen LogP contribution in [-0.4, -0.2) is 16.5 Å². The van der Waals surface area contributed by atoms with E-state index in [1.54, 1.807) is 6.20 Å². The van der Waals surface area contributed by atoms with Gasteiger partial charge in [0.2, 0.25) is 0 Å². The van der Waals surface area contributed by atoms with E-state index in [2.05, 4.69) is 21.4 Å². The Kier molecular flexibility index (Phi) is 3.98. The molecule has 2 rings (SSSR count). The number of nitrogens with one attached hydrogen (secondary N) is 2. The molecule has 0 amide bonds. The molecule has 4 heteroatoms. The number of nitrogens with zero attached hydrogens (tertiary/aromatic N) is 2. The largest absolute Gasteiger partial charge is 0.384 e. The molecule has 0 atom stereocenters. The van der Waals surface area contributed by atoms with Crippen LogP contribution >= 0.6 is 0 Å². The van der Waals surface area contributed by atoms with Crippen LogP contribution in [0.1, 0.15) is 23.4 Å². The number of nitriles is 1. The molecule has 18 heavy (non-hydrogen) atoms. The van der Waals surface area contributed by atoms with Gasteiger partial charge in [-0.05, 0) is 25.0 Å². The molecule has 4 nitrogen and oxygen atoms in total. The van der Waals surface area contributed by atoms with Crippen molar-refractivity contribution < 1.29 is 0 Å². The molecule has 0 bridgehead atoms. The summed E-state index contributed by atoms with van der Waals surface area (Å²) in [6.07, 6.45) is 5.48. The first-order chi connectivity index (χ1) is 8.81. The van der Waals surface area contributed by atoms with Crippen LogP contribution in [0.3, 0.4) is 0 Å². The molecule has 1 aromatic carbocycles. The molecule has 0 saturated carbocycles. The lowest BCUT2D eigenvalue weighted by Crippen LogP contribution is -2.06. The Labute approximate surface area is 107 Å². The van der Waals surface area contributed by atoms with E-state index >= 15 is 0 Å². The zero-order valence-electron chi connectivity index (χ0n) is 10.4. The summed E-state index contributed by atoms with van der Waals surface area (Å²) < 4.78 is 0. The van der Waals surface area contributed by atoms with Crippen molar-refractivity contribution in [1.29, 1.82) is 5.26 Å². The molecule has 0 aliphatic carbocycles. The highest BCUT2D eigenvalue weighted by molar-refractivity contribution is 5.62. The molecule has 1 aromatic heterocycles. The summed E-state index contributed by atoms with van der Waals surface area (Å²) in [5, 5.41) is 12.4. The number of anilines is 1. The number of para-hydroxylation sites is 1. The Morgan fingerprint density at radius 1 is 1.44 bits per heavy atom. The number of aromatic nitrogens is 2. The summed E-state index contributed by atoms with van der Waals surface area (Å²) >= 11 is 0. The first-order valence-electron chi connectivity index (χ1n) is 6.03. The van der Waals surface area contributed by atoms with Crippen molar-refractivity contribution in [3.05, 3.63) is 47.5 Å². The Balaban J connectivity index is 1.89. The molecular weight excluding hydrogens is 224 g/mol. The van der Waals surface area contributed by atoms with Gasteiger partial charge in [0.05, 0.1) is 11.3 Å². The number of rotatable bonds is 5. The van der Waals surface area contributed by atoms with E-state index in [0.29, 0.717) is 5.56 Å². The fourth-order valence-electron chi connectivity index (χ4n) is 1.90. The Morgan fingerprint density at radius 3 is 3.06 bits per heavy atom. The molecule has 0 spiro atoms. The van der Waals surface area contributed by atoms with Gasteiger partial charge in [-0.1, -0.05) is 12.1 Å². The number of benzene rings is 1. The normalized spacial score (nSPS) is 10.0. The van der Waals surface area contributed by atoms with Gasteiger partial charge in [-0.3, -0.25) is 0 Å². The topological polar surface area (TPSA) is 64.5 Å². The first kappa shape index (κ1) is 12.2. The molecule has 1 heterocycles. The fourth-order valence-corrected chi connectivity index (χ4v) is 1.90. The van der Waals surface area contributed by atoms with Crippen molar-refractivity contribution >= 4 is 5.69 Å². The average molecular weight is 240 g/mol. The predicted molar refractivity (Wildman–Crippen MR) is 71.3 cm³/mol. The van der Waals surface area contributed by atoms with Crippen LogP contribution in [-0.2, 0) is 6.42 Å². The van der Waals surface area contributed by atoms with Crippen molar-refractivity contribution in [3.8, 4) is 6.07 Å². The van der Waals surface area contributed by atoms with Gasteiger partial charge in [-0.2, -0.15) is 5.26 Å². The second-order valence-corrected chi connectivity index (χ2v) is 4.18. The monoisotopic (exact) mass is 240 g/mol. The van der Waals surface area contributed by atoms with Gasteiger partial charge >= 0.3 is 0 Å². The Bertz CT molecular complexity index is 537.